The quantitative estimate of drug-likeness (QED) is 0.789. The van der Waals surface area contributed by atoms with E-state index in [4.69, 9.17) is 4.74 Å². The SMILES string of the molecule is COc1cccc(SCC(=O)N2CCC(C(O)c3ccccn3)CC2)c1. The minimum Gasteiger partial charge on any atom is -0.497 e. The zero-order chi connectivity index (χ0) is 18.4. The smallest absolute Gasteiger partial charge is 0.232 e. The summed E-state index contributed by atoms with van der Waals surface area (Å²) in [6, 6.07) is 13.3. The number of pyridine rings is 1. The molecule has 0 saturated carbocycles. The van der Waals surface area contributed by atoms with Crippen LogP contribution in [-0.2, 0) is 4.79 Å². The number of carbonyl (C=O) groups excluding carboxylic acids is 1. The molecule has 26 heavy (non-hydrogen) atoms. The molecule has 1 fully saturated rings. The van der Waals surface area contributed by atoms with Crippen molar-refractivity contribution in [2.24, 2.45) is 5.92 Å². The number of aromatic nitrogens is 1. The molecule has 1 unspecified atom stereocenters. The van der Waals surface area contributed by atoms with Crippen LogP contribution >= 0.6 is 11.8 Å². The Hall–Kier alpha value is -2.05. The van der Waals surface area contributed by atoms with Gasteiger partial charge in [-0.1, -0.05) is 12.1 Å². The normalized spacial score (nSPS) is 16.3. The van der Waals surface area contributed by atoms with Crippen molar-refractivity contribution in [1.82, 2.24) is 9.88 Å². The first kappa shape index (κ1) is 18.7. The van der Waals surface area contributed by atoms with Gasteiger partial charge < -0.3 is 14.7 Å². The summed E-state index contributed by atoms with van der Waals surface area (Å²) in [6.07, 6.45) is 2.74. The topological polar surface area (TPSA) is 62.7 Å². The largest absolute Gasteiger partial charge is 0.497 e. The Bertz CT molecular complexity index is 718. The standard InChI is InChI=1S/C20H24N2O3S/c1-25-16-5-4-6-17(13-16)26-14-19(23)22-11-8-15(9-12-22)20(24)18-7-2-3-10-21-18/h2-7,10,13,15,20,24H,8-9,11-12,14H2,1H3. The van der Waals surface area contributed by atoms with E-state index in [-0.39, 0.29) is 11.8 Å². The lowest BCUT2D eigenvalue weighted by Gasteiger charge is -2.34. The number of nitrogens with zero attached hydrogens (tertiary/aromatic N) is 2. The van der Waals surface area contributed by atoms with Crippen LogP contribution in [0.15, 0.2) is 53.6 Å². The first-order valence-electron chi connectivity index (χ1n) is 8.81. The zero-order valence-electron chi connectivity index (χ0n) is 14.9. The first-order chi connectivity index (χ1) is 12.7. The maximum absolute atomic E-state index is 12.5. The molecule has 1 amide bonds. The molecule has 138 valence electrons. The van der Waals surface area contributed by atoms with Crippen LogP contribution in [0, 0.1) is 5.92 Å². The third-order valence-electron chi connectivity index (χ3n) is 4.73. The van der Waals surface area contributed by atoms with Crippen molar-refractivity contribution < 1.29 is 14.6 Å². The fourth-order valence-corrected chi connectivity index (χ4v) is 4.03. The van der Waals surface area contributed by atoms with Crippen molar-refractivity contribution >= 4 is 17.7 Å². The monoisotopic (exact) mass is 372 g/mol. The summed E-state index contributed by atoms with van der Waals surface area (Å²) in [5.74, 6) is 1.51. The van der Waals surface area contributed by atoms with Crippen molar-refractivity contribution in [2.45, 2.75) is 23.8 Å². The van der Waals surface area contributed by atoms with Crippen LogP contribution in [0.25, 0.3) is 0 Å². The average molecular weight is 372 g/mol. The Morgan fingerprint density at radius 3 is 2.81 bits per heavy atom. The van der Waals surface area contributed by atoms with Gasteiger partial charge in [0.2, 0.25) is 5.91 Å². The predicted octanol–water partition coefficient (Wildman–Crippen LogP) is 3.15. The molecule has 3 rings (SSSR count). The van der Waals surface area contributed by atoms with Crippen molar-refractivity contribution in [3.8, 4) is 5.75 Å². The number of piperidine rings is 1. The number of methoxy groups -OCH3 is 1. The summed E-state index contributed by atoms with van der Waals surface area (Å²) in [6.45, 7) is 1.37. The van der Waals surface area contributed by atoms with Crippen LogP contribution in [0.1, 0.15) is 24.6 Å². The third kappa shape index (κ3) is 4.77. The van der Waals surface area contributed by atoms with Crippen molar-refractivity contribution in [2.75, 3.05) is 26.0 Å². The van der Waals surface area contributed by atoms with Gasteiger partial charge in [0.25, 0.3) is 0 Å². The molecule has 1 N–H and O–H groups in total. The summed E-state index contributed by atoms with van der Waals surface area (Å²) in [7, 11) is 1.64. The second-order valence-electron chi connectivity index (χ2n) is 6.39. The van der Waals surface area contributed by atoms with Crippen LogP contribution < -0.4 is 4.74 Å². The molecule has 0 aliphatic carbocycles. The Labute approximate surface area is 158 Å². The second kappa shape index (κ2) is 9.05. The van der Waals surface area contributed by atoms with Gasteiger partial charge in [0.05, 0.1) is 24.7 Å². The summed E-state index contributed by atoms with van der Waals surface area (Å²) >= 11 is 1.53. The number of ether oxygens (including phenoxy) is 1. The zero-order valence-corrected chi connectivity index (χ0v) is 15.7. The number of amides is 1. The Balaban J connectivity index is 1.47. The van der Waals surface area contributed by atoms with E-state index in [0.29, 0.717) is 24.5 Å². The summed E-state index contributed by atoms with van der Waals surface area (Å²) in [4.78, 5) is 19.6. The van der Waals surface area contributed by atoms with E-state index in [0.717, 1.165) is 23.5 Å². The molecule has 1 aromatic heterocycles. The fraction of sp³-hybridized carbons (Fsp3) is 0.400. The molecule has 2 heterocycles. The van der Waals surface area contributed by atoms with E-state index in [1.807, 2.05) is 47.4 Å². The van der Waals surface area contributed by atoms with Gasteiger partial charge in [-0.05, 0) is 49.1 Å². The van der Waals surface area contributed by atoms with Gasteiger partial charge in [-0.2, -0.15) is 0 Å². The molecule has 0 radical (unpaired) electrons. The molecule has 1 aliphatic rings. The molecule has 1 aromatic carbocycles. The number of thioether (sulfide) groups is 1. The fourth-order valence-electron chi connectivity index (χ4n) is 3.18. The van der Waals surface area contributed by atoms with E-state index >= 15 is 0 Å². The average Bonchev–Trinajstić information content (AvgIpc) is 2.72. The number of benzene rings is 1. The van der Waals surface area contributed by atoms with E-state index in [9.17, 15) is 9.90 Å². The minimum absolute atomic E-state index is 0.142. The van der Waals surface area contributed by atoms with Crippen LogP contribution in [0.2, 0.25) is 0 Å². The molecule has 1 aliphatic heterocycles. The molecule has 5 nitrogen and oxygen atoms in total. The van der Waals surface area contributed by atoms with Gasteiger partial charge in [0.1, 0.15) is 5.75 Å². The number of carbonyl (C=O) groups is 1. The van der Waals surface area contributed by atoms with Gasteiger partial charge in [-0.25, -0.2) is 0 Å². The van der Waals surface area contributed by atoms with E-state index < -0.39 is 6.10 Å². The number of aliphatic hydroxyl groups excluding tert-OH is 1. The van der Waals surface area contributed by atoms with Gasteiger partial charge in [-0.3, -0.25) is 9.78 Å². The highest BCUT2D eigenvalue weighted by Gasteiger charge is 2.28. The maximum atomic E-state index is 12.5. The number of aliphatic hydroxyl groups is 1. The molecular formula is C20H24N2O3S. The van der Waals surface area contributed by atoms with Crippen molar-refractivity contribution in [3.63, 3.8) is 0 Å². The molecular weight excluding hydrogens is 348 g/mol. The lowest BCUT2D eigenvalue weighted by atomic mass is 9.89. The van der Waals surface area contributed by atoms with Gasteiger partial charge in [-0.15, -0.1) is 11.8 Å². The molecule has 1 atom stereocenters. The van der Waals surface area contributed by atoms with Gasteiger partial charge >= 0.3 is 0 Å². The first-order valence-corrected chi connectivity index (χ1v) is 9.79. The van der Waals surface area contributed by atoms with E-state index in [2.05, 4.69) is 4.98 Å². The van der Waals surface area contributed by atoms with E-state index in [1.54, 1.807) is 13.3 Å². The van der Waals surface area contributed by atoms with E-state index in [1.165, 1.54) is 11.8 Å². The predicted molar refractivity (Wildman–Crippen MR) is 102 cm³/mol. The molecule has 0 bridgehead atoms. The summed E-state index contributed by atoms with van der Waals surface area (Å²) in [5, 5.41) is 10.5. The summed E-state index contributed by atoms with van der Waals surface area (Å²) in [5.41, 5.74) is 0.714. The Morgan fingerprint density at radius 2 is 2.12 bits per heavy atom. The van der Waals surface area contributed by atoms with Gasteiger partial charge in [0, 0.05) is 24.2 Å². The molecule has 0 spiro atoms. The van der Waals surface area contributed by atoms with Crippen LogP contribution in [0.4, 0.5) is 0 Å². The lowest BCUT2D eigenvalue weighted by Crippen LogP contribution is -2.40. The van der Waals surface area contributed by atoms with Crippen LogP contribution in [0.3, 0.4) is 0 Å². The summed E-state index contributed by atoms with van der Waals surface area (Å²) < 4.78 is 5.21. The Kier molecular flexibility index (Phi) is 6.52. The number of likely N-dealkylation sites (tertiary alicyclic amines) is 1. The van der Waals surface area contributed by atoms with Crippen molar-refractivity contribution in [1.29, 1.82) is 0 Å². The highest BCUT2D eigenvalue weighted by molar-refractivity contribution is 8.00. The number of rotatable bonds is 6. The van der Waals surface area contributed by atoms with Crippen LogP contribution in [-0.4, -0.2) is 46.8 Å². The minimum atomic E-state index is -0.556. The Morgan fingerprint density at radius 1 is 1.31 bits per heavy atom. The second-order valence-corrected chi connectivity index (χ2v) is 7.43. The highest BCUT2D eigenvalue weighted by Crippen LogP contribution is 2.30. The number of hydrogen-bond donors (Lipinski definition) is 1. The van der Waals surface area contributed by atoms with Gasteiger partial charge in [0.15, 0.2) is 0 Å². The third-order valence-corrected chi connectivity index (χ3v) is 5.71. The molecule has 6 heteroatoms. The van der Waals surface area contributed by atoms with Crippen LogP contribution in [0.5, 0.6) is 5.75 Å². The van der Waals surface area contributed by atoms with Crippen molar-refractivity contribution in [3.05, 3.63) is 54.4 Å². The highest BCUT2D eigenvalue weighted by atomic mass is 32.2. The molecule has 2 aromatic rings. The molecule has 1 saturated heterocycles. The maximum Gasteiger partial charge on any atom is 0.232 e. The number of hydrogen-bond acceptors (Lipinski definition) is 5. The lowest BCUT2D eigenvalue weighted by molar-refractivity contribution is -0.130.